The Kier molecular flexibility index (Phi) is 6.69. The Balaban J connectivity index is 1.71. The van der Waals surface area contributed by atoms with Gasteiger partial charge in [0.1, 0.15) is 11.9 Å². The van der Waals surface area contributed by atoms with Gasteiger partial charge in [0, 0.05) is 13.3 Å². The molecule has 0 radical (unpaired) electrons. The smallest absolute Gasteiger partial charge is 0.450 e. The maximum atomic E-state index is 14.0. The molecule has 2 saturated carbocycles. The number of carbonyl (C=O) groups excluding carboxylic acids is 3. The van der Waals surface area contributed by atoms with Crippen LogP contribution in [0.15, 0.2) is 53.6 Å². The maximum absolute atomic E-state index is 14.0. The highest BCUT2D eigenvalue weighted by atomic mass is 16.7. The molecule has 188 valence electrons. The molecule has 3 aliphatic rings. The first-order chi connectivity index (χ1) is 16.5. The van der Waals surface area contributed by atoms with Crippen LogP contribution in [0.1, 0.15) is 60.8 Å². The molecular weight excluding hydrogens is 444 g/mol. The van der Waals surface area contributed by atoms with E-state index in [4.69, 9.17) is 14.2 Å². The van der Waals surface area contributed by atoms with Crippen molar-refractivity contribution in [2.75, 3.05) is 0 Å². The molecule has 0 N–H and O–H groups in total. The molecule has 4 rings (SSSR count). The first-order valence-electron chi connectivity index (χ1n) is 12.5. The van der Waals surface area contributed by atoms with E-state index < -0.39 is 29.7 Å². The Morgan fingerprint density at radius 2 is 1.71 bits per heavy atom. The minimum atomic E-state index is -1.43. The van der Waals surface area contributed by atoms with Gasteiger partial charge in [0.2, 0.25) is 5.78 Å². The highest BCUT2D eigenvalue weighted by Crippen LogP contribution is 2.62. The summed E-state index contributed by atoms with van der Waals surface area (Å²) in [5, 5.41) is 0. The summed E-state index contributed by atoms with van der Waals surface area (Å²) < 4.78 is 17.1. The van der Waals surface area contributed by atoms with Crippen LogP contribution in [0.2, 0.25) is 0 Å². The fraction of sp³-hybridized carbons (Fsp3) is 0.552. The van der Waals surface area contributed by atoms with Crippen molar-refractivity contribution < 1.29 is 28.6 Å². The second-order valence-corrected chi connectivity index (χ2v) is 11.1. The number of hydrogen-bond donors (Lipinski definition) is 0. The summed E-state index contributed by atoms with van der Waals surface area (Å²) in [5.41, 5.74) is 0.415. The minimum Gasteiger partial charge on any atom is -0.450 e. The van der Waals surface area contributed by atoms with Gasteiger partial charge in [-0.2, -0.15) is 0 Å². The Labute approximate surface area is 207 Å². The molecule has 0 aromatic heterocycles. The maximum Gasteiger partial charge on any atom is 0.514 e. The zero-order valence-electron chi connectivity index (χ0n) is 21.5. The number of fused-ring (bicyclic) bond motifs is 2. The lowest BCUT2D eigenvalue weighted by molar-refractivity contribution is -0.168. The Hall–Kier alpha value is -2.89. The molecule has 3 aliphatic carbocycles. The van der Waals surface area contributed by atoms with E-state index in [0.717, 1.165) is 18.4 Å². The quantitative estimate of drug-likeness (QED) is 0.297. The Morgan fingerprint density at radius 3 is 2.37 bits per heavy atom. The third-order valence-corrected chi connectivity index (χ3v) is 8.21. The van der Waals surface area contributed by atoms with E-state index in [1.165, 1.54) is 6.92 Å². The number of rotatable bonds is 3. The molecule has 6 heteroatoms. The lowest BCUT2D eigenvalue weighted by Gasteiger charge is -2.34. The highest BCUT2D eigenvalue weighted by molar-refractivity contribution is 6.03. The molecule has 0 saturated heterocycles. The highest BCUT2D eigenvalue weighted by Gasteiger charge is 2.61. The van der Waals surface area contributed by atoms with Crippen LogP contribution in [0.3, 0.4) is 0 Å². The summed E-state index contributed by atoms with van der Waals surface area (Å²) in [6.45, 7) is 11.6. The van der Waals surface area contributed by atoms with Gasteiger partial charge in [-0.25, -0.2) is 4.79 Å². The molecule has 0 amide bonds. The van der Waals surface area contributed by atoms with Crippen molar-refractivity contribution in [3.8, 4) is 5.75 Å². The number of benzene rings is 1. The van der Waals surface area contributed by atoms with Crippen molar-refractivity contribution in [1.82, 2.24) is 0 Å². The molecule has 0 heterocycles. The van der Waals surface area contributed by atoms with Crippen molar-refractivity contribution in [1.29, 1.82) is 0 Å². The van der Waals surface area contributed by atoms with Gasteiger partial charge in [-0.05, 0) is 67.6 Å². The summed E-state index contributed by atoms with van der Waals surface area (Å²) in [5.74, 6) is -0.374. The fourth-order valence-corrected chi connectivity index (χ4v) is 6.27. The zero-order valence-corrected chi connectivity index (χ0v) is 21.5. The summed E-state index contributed by atoms with van der Waals surface area (Å²) in [4.78, 5) is 39.1. The lowest BCUT2D eigenvalue weighted by atomic mass is 9.81. The van der Waals surface area contributed by atoms with Crippen LogP contribution >= 0.6 is 0 Å². The number of Topliss-reactive ketones (excluding diaryl/α,β-unsaturated/α-hetero) is 1. The zero-order chi connectivity index (χ0) is 25.5. The Bertz CT molecular complexity index is 1070. The van der Waals surface area contributed by atoms with Crippen molar-refractivity contribution in [3.63, 3.8) is 0 Å². The number of hydrogen-bond acceptors (Lipinski definition) is 6. The summed E-state index contributed by atoms with van der Waals surface area (Å²) in [6.07, 6.45) is 4.70. The van der Waals surface area contributed by atoms with E-state index in [9.17, 15) is 14.4 Å². The molecule has 1 aromatic rings. The summed E-state index contributed by atoms with van der Waals surface area (Å²) >= 11 is 0. The van der Waals surface area contributed by atoms with E-state index in [1.54, 1.807) is 24.3 Å². The summed E-state index contributed by atoms with van der Waals surface area (Å²) in [6, 6.07) is 8.70. The van der Waals surface area contributed by atoms with Crippen LogP contribution in [0.25, 0.3) is 0 Å². The van der Waals surface area contributed by atoms with E-state index in [0.29, 0.717) is 23.2 Å². The standard InChI is InChI=1S/C29H36O6/c1-17-12-13-22-23(28(22,5)6)15-18(2)26(31)29(35-20(4)30)16-19(3)25(24(29)14-17)34-27(32)33-21-10-8-7-9-11-21/h7-11,14-15,19,22-25H,12-13,16H2,1-6H3/b17-14-,18-15+/t19-,22-,23+,24-,25-,29+/m0/s1. The van der Waals surface area contributed by atoms with Gasteiger partial charge in [0.25, 0.3) is 0 Å². The lowest BCUT2D eigenvalue weighted by Crippen LogP contribution is -2.48. The van der Waals surface area contributed by atoms with Crippen molar-refractivity contribution in [3.05, 3.63) is 53.6 Å². The van der Waals surface area contributed by atoms with Crippen LogP contribution in [0.5, 0.6) is 5.75 Å². The van der Waals surface area contributed by atoms with E-state index >= 15 is 0 Å². The first kappa shape index (κ1) is 25.2. The first-order valence-corrected chi connectivity index (χ1v) is 12.5. The third kappa shape index (κ3) is 4.80. The number of ether oxygens (including phenoxy) is 3. The molecule has 0 unspecified atom stereocenters. The number of allylic oxidation sites excluding steroid dienone is 2. The monoisotopic (exact) mass is 480 g/mol. The molecule has 35 heavy (non-hydrogen) atoms. The Morgan fingerprint density at radius 1 is 1.03 bits per heavy atom. The van der Waals surface area contributed by atoms with Crippen molar-refractivity contribution >= 4 is 17.9 Å². The second kappa shape index (κ2) is 9.29. The molecule has 0 bridgehead atoms. The number of esters is 1. The number of carbonyl (C=O) groups is 3. The molecule has 0 spiro atoms. The topological polar surface area (TPSA) is 78.9 Å². The number of ketones is 1. The number of para-hydroxylation sites is 1. The van der Waals surface area contributed by atoms with Gasteiger partial charge in [-0.1, -0.05) is 56.7 Å². The van der Waals surface area contributed by atoms with Crippen LogP contribution in [-0.2, 0) is 19.1 Å². The van der Waals surface area contributed by atoms with Crippen LogP contribution < -0.4 is 4.74 Å². The molecule has 2 fully saturated rings. The van der Waals surface area contributed by atoms with Gasteiger partial charge in [-0.3, -0.25) is 9.59 Å². The largest absolute Gasteiger partial charge is 0.514 e. The van der Waals surface area contributed by atoms with Gasteiger partial charge in [-0.15, -0.1) is 0 Å². The van der Waals surface area contributed by atoms with Crippen LogP contribution in [0, 0.1) is 29.1 Å². The average Bonchev–Trinajstić information content (AvgIpc) is 3.20. The van der Waals surface area contributed by atoms with Crippen LogP contribution in [-0.4, -0.2) is 29.6 Å². The molecule has 1 aromatic carbocycles. The molecule has 6 nitrogen and oxygen atoms in total. The van der Waals surface area contributed by atoms with Gasteiger partial charge < -0.3 is 14.2 Å². The summed E-state index contributed by atoms with van der Waals surface area (Å²) in [7, 11) is 0. The fourth-order valence-electron chi connectivity index (χ4n) is 6.27. The molecule has 6 atom stereocenters. The van der Waals surface area contributed by atoms with Gasteiger partial charge in [0.05, 0.1) is 5.92 Å². The predicted molar refractivity (Wildman–Crippen MR) is 132 cm³/mol. The van der Waals surface area contributed by atoms with Crippen LogP contribution in [0.4, 0.5) is 4.79 Å². The normalized spacial score (nSPS) is 36.7. The van der Waals surface area contributed by atoms with E-state index in [2.05, 4.69) is 19.9 Å². The molecular formula is C29H36O6. The van der Waals surface area contributed by atoms with Crippen molar-refractivity contribution in [2.45, 2.75) is 72.5 Å². The van der Waals surface area contributed by atoms with Crippen molar-refractivity contribution in [2.24, 2.45) is 29.1 Å². The average molecular weight is 481 g/mol. The third-order valence-electron chi connectivity index (χ3n) is 8.21. The second-order valence-electron chi connectivity index (χ2n) is 11.1. The van der Waals surface area contributed by atoms with Gasteiger partial charge >= 0.3 is 12.1 Å². The van der Waals surface area contributed by atoms with E-state index in [-0.39, 0.29) is 23.5 Å². The SMILES string of the molecule is CC(=O)O[C@]12C[C@H](C)[C@H](OC(=O)Oc3ccccc3)[C@@H]1/C=C(/C)CC[C@H]1[C@@H](/C=C(\C)C2=O)C1(C)C. The van der Waals surface area contributed by atoms with E-state index in [1.807, 2.05) is 32.9 Å². The predicted octanol–water partition coefficient (Wildman–Crippen LogP) is 6.06. The molecule has 0 aliphatic heterocycles. The minimum absolute atomic E-state index is 0.144. The van der Waals surface area contributed by atoms with Gasteiger partial charge in [0.15, 0.2) is 5.60 Å².